The molecule has 2 nitrogen and oxygen atoms in total. The normalized spacial score (nSPS) is 10.8. The zero-order valence-electron chi connectivity index (χ0n) is 10.7. The van der Waals surface area contributed by atoms with Crippen molar-refractivity contribution in [2.24, 2.45) is 0 Å². The number of hydrogen-bond acceptors (Lipinski definition) is 2. The number of benzene rings is 1. The fourth-order valence-corrected chi connectivity index (χ4v) is 1.21. The minimum absolute atomic E-state index is 0.272. The Hall–Kier alpha value is -1.57. The first-order valence-electron chi connectivity index (χ1n) is 5.48. The molecule has 88 valence electrons. The quantitative estimate of drug-likeness (QED) is 0.561. The number of methoxy groups -OCH3 is 1. The average molecular weight is 220 g/mol. The van der Waals surface area contributed by atoms with Gasteiger partial charge in [0.05, 0.1) is 7.11 Å². The lowest BCUT2D eigenvalue weighted by atomic mass is 10.0. The number of carbonyl (C=O) groups excluding carboxylic acids is 1. The molecule has 0 fully saturated rings. The summed E-state index contributed by atoms with van der Waals surface area (Å²) in [4.78, 5) is 11.2. The minimum atomic E-state index is -0.272. The molecule has 0 bridgehead atoms. The van der Waals surface area contributed by atoms with Gasteiger partial charge < -0.3 is 4.74 Å². The van der Waals surface area contributed by atoms with Crippen molar-refractivity contribution in [3.05, 3.63) is 41.5 Å². The lowest BCUT2D eigenvalue weighted by Crippen LogP contribution is -2.03. The Bertz CT molecular complexity index is 350. The van der Waals surface area contributed by atoms with Gasteiger partial charge in [-0.3, -0.25) is 0 Å². The van der Waals surface area contributed by atoms with Crippen LogP contribution in [0, 0.1) is 0 Å². The Balaban J connectivity index is 0.00000106. The van der Waals surface area contributed by atoms with E-state index in [4.69, 9.17) is 0 Å². The predicted molar refractivity (Wildman–Crippen MR) is 68.1 cm³/mol. The molecule has 1 aromatic carbocycles. The number of hydrogen-bond donors (Lipinski definition) is 0. The van der Waals surface area contributed by atoms with E-state index in [9.17, 15) is 4.79 Å². The van der Waals surface area contributed by atoms with Crippen LogP contribution in [0.5, 0.6) is 0 Å². The first-order valence-corrected chi connectivity index (χ1v) is 5.48. The molecule has 0 saturated heterocycles. The Morgan fingerprint density at radius 2 is 1.56 bits per heavy atom. The van der Waals surface area contributed by atoms with Gasteiger partial charge in [-0.25, -0.2) is 4.79 Å². The third-order valence-electron chi connectivity index (χ3n) is 2.26. The van der Waals surface area contributed by atoms with E-state index < -0.39 is 0 Å². The molecule has 1 aromatic rings. The molecule has 0 aromatic heterocycles. The van der Waals surface area contributed by atoms with Gasteiger partial charge >= 0.3 is 5.97 Å². The van der Waals surface area contributed by atoms with Gasteiger partial charge in [-0.2, -0.15) is 0 Å². The number of esters is 1. The van der Waals surface area contributed by atoms with Crippen LogP contribution in [0.1, 0.15) is 33.3 Å². The summed E-state index contributed by atoms with van der Waals surface area (Å²) in [5.74, 6) is -0.272. The van der Waals surface area contributed by atoms with E-state index in [1.165, 1.54) is 7.11 Å². The van der Waals surface area contributed by atoms with Gasteiger partial charge in [0.1, 0.15) is 0 Å². The van der Waals surface area contributed by atoms with E-state index in [0.717, 1.165) is 11.1 Å². The molecule has 0 N–H and O–H groups in total. The van der Waals surface area contributed by atoms with Gasteiger partial charge in [0.15, 0.2) is 0 Å². The summed E-state index contributed by atoms with van der Waals surface area (Å²) in [7, 11) is 1.39. The molecule has 0 amide bonds. The SMILES string of the molecule is CC.COC(=O)/C(C)=C(/C)c1ccccc1. The summed E-state index contributed by atoms with van der Waals surface area (Å²) in [5.41, 5.74) is 2.66. The van der Waals surface area contributed by atoms with Crippen LogP contribution in [0.15, 0.2) is 35.9 Å². The maximum atomic E-state index is 11.2. The number of ether oxygens (including phenoxy) is 1. The van der Waals surface area contributed by atoms with Crippen LogP contribution in [0.2, 0.25) is 0 Å². The second-order valence-corrected chi connectivity index (χ2v) is 3.11. The lowest BCUT2D eigenvalue weighted by Gasteiger charge is -2.05. The summed E-state index contributed by atoms with van der Waals surface area (Å²) in [6, 6.07) is 9.79. The summed E-state index contributed by atoms with van der Waals surface area (Å²) < 4.78 is 4.66. The summed E-state index contributed by atoms with van der Waals surface area (Å²) in [5, 5.41) is 0. The molecule has 0 unspecified atom stereocenters. The van der Waals surface area contributed by atoms with Crippen molar-refractivity contribution in [3.8, 4) is 0 Å². The highest BCUT2D eigenvalue weighted by Crippen LogP contribution is 2.18. The molecule has 16 heavy (non-hydrogen) atoms. The summed E-state index contributed by atoms with van der Waals surface area (Å²) in [6.45, 7) is 7.69. The van der Waals surface area contributed by atoms with Crippen LogP contribution in [-0.4, -0.2) is 13.1 Å². The van der Waals surface area contributed by atoms with Crippen LogP contribution >= 0.6 is 0 Å². The van der Waals surface area contributed by atoms with Crippen molar-refractivity contribution < 1.29 is 9.53 Å². The number of allylic oxidation sites excluding steroid dienone is 1. The highest BCUT2D eigenvalue weighted by atomic mass is 16.5. The fourth-order valence-electron chi connectivity index (χ4n) is 1.21. The smallest absolute Gasteiger partial charge is 0.333 e. The van der Waals surface area contributed by atoms with Crippen molar-refractivity contribution in [3.63, 3.8) is 0 Å². The van der Waals surface area contributed by atoms with Crippen molar-refractivity contribution >= 4 is 11.5 Å². The molecule has 0 heterocycles. The maximum absolute atomic E-state index is 11.2. The second kappa shape index (κ2) is 7.69. The van der Waals surface area contributed by atoms with Crippen LogP contribution in [0.4, 0.5) is 0 Å². The maximum Gasteiger partial charge on any atom is 0.333 e. The molecule has 0 radical (unpaired) electrons. The third-order valence-corrected chi connectivity index (χ3v) is 2.26. The molecule has 0 aliphatic carbocycles. The molecule has 0 aliphatic rings. The van der Waals surface area contributed by atoms with Crippen LogP contribution in [-0.2, 0) is 9.53 Å². The zero-order chi connectivity index (χ0) is 12.6. The van der Waals surface area contributed by atoms with E-state index in [2.05, 4.69) is 4.74 Å². The van der Waals surface area contributed by atoms with Gasteiger partial charge in [-0.05, 0) is 25.0 Å². The van der Waals surface area contributed by atoms with Gasteiger partial charge in [0.25, 0.3) is 0 Å². The molecular formula is C14H20O2. The van der Waals surface area contributed by atoms with E-state index >= 15 is 0 Å². The van der Waals surface area contributed by atoms with Crippen molar-refractivity contribution in [1.29, 1.82) is 0 Å². The van der Waals surface area contributed by atoms with E-state index in [1.54, 1.807) is 6.92 Å². The van der Waals surface area contributed by atoms with Gasteiger partial charge in [-0.1, -0.05) is 44.2 Å². The van der Waals surface area contributed by atoms with Crippen LogP contribution in [0.3, 0.4) is 0 Å². The monoisotopic (exact) mass is 220 g/mol. The molecular weight excluding hydrogens is 200 g/mol. The average Bonchev–Trinajstić information content (AvgIpc) is 2.39. The lowest BCUT2D eigenvalue weighted by molar-refractivity contribution is -0.135. The topological polar surface area (TPSA) is 26.3 Å². The molecule has 1 rings (SSSR count). The van der Waals surface area contributed by atoms with Crippen molar-refractivity contribution in [1.82, 2.24) is 0 Å². The first kappa shape index (κ1) is 14.4. The van der Waals surface area contributed by atoms with Crippen LogP contribution in [0.25, 0.3) is 5.57 Å². The fraction of sp³-hybridized carbons (Fsp3) is 0.357. The zero-order valence-corrected chi connectivity index (χ0v) is 10.7. The van der Waals surface area contributed by atoms with Crippen LogP contribution < -0.4 is 0 Å². The third kappa shape index (κ3) is 3.89. The first-order chi connectivity index (χ1) is 7.66. The molecule has 0 aliphatic heterocycles. The molecule has 2 heteroatoms. The van der Waals surface area contributed by atoms with Gasteiger partial charge in [0, 0.05) is 5.57 Å². The van der Waals surface area contributed by atoms with Gasteiger partial charge in [-0.15, -0.1) is 0 Å². The standard InChI is InChI=1S/C12H14O2.C2H6/c1-9(10(2)12(13)14-3)11-7-5-4-6-8-11;1-2/h4-8H,1-3H3;1-2H3/b10-9-;. The Labute approximate surface area is 97.9 Å². The number of rotatable bonds is 2. The number of carbonyl (C=O) groups is 1. The highest BCUT2D eigenvalue weighted by molar-refractivity contribution is 5.96. The van der Waals surface area contributed by atoms with Gasteiger partial charge in [0.2, 0.25) is 0 Å². The minimum Gasteiger partial charge on any atom is -0.466 e. The Morgan fingerprint density at radius 3 is 2.00 bits per heavy atom. The van der Waals surface area contributed by atoms with E-state index in [-0.39, 0.29) is 5.97 Å². The van der Waals surface area contributed by atoms with Crippen molar-refractivity contribution in [2.45, 2.75) is 27.7 Å². The summed E-state index contributed by atoms with van der Waals surface area (Å²) in [6.07, 6.45) is 0. The predicted octanol–water partition coefficient (Wildman–Crippen LogP) is 3.68. The molecule has 0 spiro atoms. The summed E-state index contributed by atoms with van der Waals surface area (Å²) >= 11 is 0. The largest absolute Gasteiger partial charge is 0.466 e. The molecule has 0 atom stereocenters. The second-order valence-electron chi connectivity index (χ2n) is 3.11. The van der Waals surface area contributed by atoms with E-state index in [1.807, 2.05) is 51.1 Å². The Morgan fingerprint density at radius 1 is 1.06 bits per heavy atom. The molecule has 0 saturated carbocycles. The van der Waals surface area contributed by atoms with Crippen molar-refractivity contribution in [2.75, 3.05) is 7.11 Å². The highest BCUT2D eigenvalue weighted by Gasteiger charge is 2.08. The Kier molecular flexibility index (Phi) is 6.93. The van der Waals surface area contributed by atoms with E-state index in [0.29, 0.717) is 5.57 Å².